The lowest BCUT2D eigenvalue weighted by Crippen LogP contribution is -2.47. The number of likely N-dealkylation sites (tertiary alicyclic amines) is 1. The van der Waals surface area contributed by atoms with Gasteiger partial charge in [-0.3, -0.25) is 9.69 Å². The van der Waals surface area contributed by atoms with Gasteiger partial charge in [-0.2, -0.15) is 0 Å². The number of aliphatic carboxylic acids is 1. The van der Waals surface area contributed by atoms with E-state index in [4.69, 9.17) is 5.11 Å². The zero-order valence-corrected chi connectivity index (χ0v) is 12.7. The summed E-state index contributed by atoms with van der Waals surface area (Å²) in [7, 11) is 0. The molecule has 1 saturated heterocycles. The Labute approximate surface area is 122 Å². The average molecular weight is 291 g/mol. The van der Waals surface area contributed by atoms with Crippen molar-refractivity contribution in [1.29, 1.82) is 0 Å². The molecule has 1 N–H and O–H groups in total. The minimum absolute atomic E-state index is 0. The van der Waals surface area contributed by atoms with E-state index in [0.717, 1.165) is 38.4 Å². The van der Waals surface area contributed by atoms with Crippen LogP contribution >= 0.6 is 12.4 Å². The molecule has 19 heavy (non-hydrogen) atoms. The van der Waals surface area contributed by atoms with Crippen LogP contribution in [0.25, 0.3) is 0 Å². The van der Waals surface area contributed by atoms with Crippen LogP contribution in [0.1, 0.15) is 39.0 Å². The normalized spacial score (nSPS) is 22.0. The van der Waals surface area contributed by atoms with E-state index in [-0.39, 0.29) is 19.0 Å². The lowest BCUT2D eigenvalue weighted by atomic mass is 9.84. The third-order valence-corrected chi connectivity index (χ3v) is 4.56. The molecule has 2 rings (SSSR count). The van der Waals surface area contributed by atoms with Gasteiger partial charge < -0.3 is 10.0 Å². The molecular formula is C14H27ClN2O2. The topological polar surface area (TPSA) is 43.8 Å². The van der Waals surface area contributed by atoms with Gasteiger partial charge in [0.2, 0.25) is 0 Å². The van der Waals surface area contributed by atoms with Crippen molar-refractivity contribution < 1.29 is 9.90 Å². The van der Waals surface area contributed by atoms with Crippen LogP contribution in [-0.4, -0.2) is 59.6 Å². The fraction of sp³-hybridized carbons (Fsp3) is 0.929. The van der Waals surface area contributed by atoms with Gasteiger partial charge in [-0.1, -0.05) is 13.3 Å². The number of halogens is 1. The monoisotopic (exact) mass is 290 g/mol. The molecule has 0 aromatic heterocycles. The van der Waals surface area contributed by atoms with Crippen LogP contribution in [-0.2, 0) is 4.79 Å². The van der Waals surface area contributed by atoms with Crippen LogP contribution < -0.4 is 0 Å². The van der Waals surface area contributed by atoms with Gasteiger partial charge in [0.05, 0.1) is 6.54 Å². The second-order valence-electron chi connectivity index (χ2n) is 5.79. The van der Waals surface area contributed by atoms with Gasteiger partial charge in [0.15, 0.2) is 0 Å². The van der Waals surface area contributed by atoms with Crippen molar-refractivity contribution in [2.75, 3.05) is 32.7 Å². The first kappa shape index (κ1) is 16.7. The van der Waals surface area contributed by atoms with E-state index in [0.29, 0.717) is 6.04 Å². The molecule has 1 aliphatic carbocycles. The highest BCUT2D eigenvalue weighted by atomic mass is 35.5. The first-order chi connectivity index (χ1) is 8.69. The molecule has 4 nitrogen and oxygen atoms in total. The standard InChI is InChI=1S/C14H26N2O2.ClH/c1-2-16(11-14(17)18)13-6-8-15(9-7-13)10-12-4-3-5-12;/h12-13H,2-11H2,1H3,(H,17,18);1H. The number of hydrogen-bond donors (Lipinski definition) is 1. The van der Waals surface area contributed by atoms with E-state index in [1.807, 2.05) is 0 Å². The number of carboxylic acid groups (broad SMARTS) is 1. The molecule has 1 aliphatic heterocycles. The number of carboxylic acids is 1. The fourth-order valence-electron chi connectivity index (χ4n) is 3.18. The van der Waals surface area contributed by atoms with Crippen molar-refractivity contribution in [2.45, 2.75) is 45.1 Å². The summed E-state index contributed by atoms with van der Waals surface area (Å²) in [6, 6.07) is 0.476. The summed E-state index contributed by atoms with van der Waals surface area (Å²) >= 11 is 0. The predicted molar refractivity (Wildman–Crippen MR) is 78.9 cm³/mol. The van der Waals surface area contributed by atoms with Gasteiger partial charge in [-0.25, -0.2) is 0 Å². The van der Waals surface area contributed by atoms with Crippen molar-refractivity contribution in [3.63, 3.8) is 0 Å². The van der Waals surface area contributed by atoms with Crippen LogP contribution in [0, 0.1) is 5.92 Å². The summed E-state index contributed by atoms with van der Waals surface area (Å²) in [4.78, 5) is 15.5. The van der Waals surface area contributed by atoms with Gasteiger partial charge in [-0.05, 0) is 51.2 Å². The number of nitrogens with zero attached hydrogens (tertiary/aromatic N) is 2. The van der Waals surface area contributed by atoms with E-state index in [9.17, 15) is 4.79 Å². The molecule has 5 heteroatoms. The largest absolute Gasteiger partial charge is 0.480 e. The maximum absolute atomic E-state index is 10.8. The maximum Gasteiger partial charge on any atom is 0.317 e. The minimum Gasteiger partial charge on any atom is -0.480 e. The summed E-state index contributed by atoms with van der Waals surface area (Å²) in [5, 5.41) is 8.90. The molecule has 0 aromatic rings. The molecule has 0 amide bonds. The number of rotatable bonds is 6. The Kier molecular flexibility index (Phi) is 7.11. The van der Waals surface area contributed by atoms with Gasteiger partial charge in [0.25, 0.3) is 0 Å². The van der Waals surface area contributed by atoms with E-state index >= 15 is 0 Å². The second kappa shape index (κ2) is 8.08. The minimum atomic E-state index is -0.700. The highest BCUT2D eigenvalue weighted by Crippen LogP contribution is 2.28. The van der Waals surface area contributed by atoms with Crippen molar-refractivity contribution in [2.24, 2.45) is 5.92 Å². The molecule has 0 atom stereocenters. The quantitative estimate of drug-likeness (QED) is 0.813. The summed E-state index contributed by atoms with van der Waals surface area (Å²) in [6.45, 7) is 6.68. The van der Waals surface area contributed by atoms with Crippen LogP contribution in [0.2, 0.25) is 0 Å². The lowest BCUT2D eigenvalue weighted by molar-refractivity contribution is -0.139. The molecule has 112 valence electrons. The summed E-state index contributed by atoms with van der Waals surface area (Å²) in [5.41, 5.74) is 0. The molecule has 2 fully saturated rings. The van der Waals surface area contributed by atoms with Crippen molar-refractivity contribution >= 4 is 18.4 Å². The summed E-state index contributed by atoms with van der Waals surface area (Å²) in [5.74, 6) is 0.247. The van der Waals surface area contributed by atoms with Crippen molar-refractivity contribution in [3.8, 4) is 0 Å². The Bertz CT molecular complexity index is 277. The molecular weight excluding hydrogens is 264 g/mol. The number of likely N-dealkylation sites (N-methyl/N-ethyl adjacent to an activating group) is 1. The third kappa shape index (κ3) is 4.93. The smallest absolute Gasteiger partial charge is 0.317 e. The van der Waals surface area contributed by atoms with E-state index in [1.165, 1.54) is 25.8 Å². The van der Waals surface area contributed by atoms with Gasteiger partial charge in [0, 0.05) is 12.6 Å². The fourth-order valence-corrected chi connectivity index (χ4v) is 3.18. The highest BCUT2D eigenvalue weighted by molar-refractivity contribution is 5.85. The zero-order chi connectivity index (χ0) is 13.0. The lowest BCUT2D eigenvalue weighted by Gasteiger charge is -2.40. The SMILES string of the molecule is CCN(CC(=O)O)C1CCN(CC2CCC2)CC1.Cl. The molecule has 0 radical (unpaired) electrons. The van der Waals surface area contributed by atoms with Crippen LogP contribution in [0.5, 0.6) is 0 Å². The average Bonchev–Trinajstić information content (AvgIpc) is 2.31. The van der Waals surface area contributed by atoms with Crippen LogP contribution in [0.3, 0.4) is 0 Å². The maximum atomic E-state index is 10.8. The highest BCUT2D eigenvalue weighted by Gasteiger charge is 2.27. The Morgan fingerprint density at radius 1 is 1.26 bits per heavy atom. The molecule has 0 bridgehead atoms. The zero-order valence-electron chi connectivity index (χ0n) is 11.9. The molecule has 0 unspecified atom stereocenters. The molecule has 2 aliphatic rings. The summed E-state index contributed by atoms with van der Waals surface area (Å²) < 4.78 is 0. The summed E-state index contributed by atoms with van der Waals surface area (Å²) in [6.07, 6.45) is 6.52. The van der Waals surface area contributed by atoms with E-state index in [1.54, 1.807) is 0 Å². The van der Waals surface area contributed by atoms with Gasteiger partial charge in [-0.15, -0.1) is 12.4 Å². The molecule has 1 heterocycles. The van der Waals surface area contributed by atoms with Crippen molar-refractivity contribution in [3.05, 3.63) is 0 Å². The number of hydrogen-bond acceptors (Lipinski definition) is 3. The van der Waals surface area contributed by atoms with Gasteiger partial charge >= 0.3 is 5.97 Å². The van der Waals surface area contributed by atoms with E-state index in [2.05, 4.69) is 16.7 Å². The Balaban J connectivity index is 0.00000180. The Morgan fingerprint density at radius 3 is 2.32 bits per heavy atom. The first-order valence-electron chi connectivity index (χ1n) is 7.37. The van der Waals surface area contributed by atoms with Gasteiger partial charge in [0.1, 0.15) is 0 Å². The van der Waals surface area contributed by atoms with Crippen molar-refractivity contribution in [1.82, 2.24) is 9.80 Å². The second-order valence-corrected chi connectivity index (χ2v) is 5.79. The first-order valence-corrected chi connectivity index (χ1v) is 7.37. The predicted octanol–water partition coefficient (Wildman–Crippen LogP) is 2.08. The van der Waals surface area contributed by atoms with Crippen LogP contribution in [0.4, 0.5) is 0 Å². The molecule has 1 saturated carbocycles. The number of piperidine rings is 1. The van der Waals surface area contributed by atoms with E-state index < -0.39 is 5.97 Å². The molecule has 0 aromatic carbocycles. The third-order valence-electron chi connectivity index (χ3n) is 4.56. The molecule has 0 spiro atoms. The van der Waals surface area contributed by atoms with Crippen LogP contribution in [0.15, 0.2) is 0 Å². The Hall–Kier alpha value is -0.320. The Morgan fingerprint density at radius 2 is 1.89 bits per heavy atom. The number of carbonyl (C=O) groups is 1.